The quantitative estimate of drug-likeness (QED) is 0.592. The molecule has 0 nitrogen and oxygen atoms in total. The van der Waals surface area contributed by atoms with E-state index < -0.39 is 0 Å². The summed E-state index contributed by atoms with van der Waals surface area (Å²) in [4.78, 5) is 0. The number of hydrogen-bond acceptors (Lipinski definition) is 0. The fraction of sp³-hybridized carbons (Fsp3) is 0.333. The molecule has 12 heavy (non-hydrogen) atoms. The molecular weight excluding hydrogens is 144 g/mol. The maximum absolute atomic E-state index is 5.20. The van der Waals surface area contributed by atoms with Crippen LogP contribution in [0.1, 0.15) is 31.2 Å². The first kappa shape index (κ1) is 8.87. The van der Waals surface area contributed by atoms with Crippen LogP contribution in [0.2, 0.25) is 0 Å². The monoisotopic (exact) mass is 158 g/mol. The van der Waals surface area contributed by atoms with Gasteiger partial charge < -0.3 is 0 Å². The predicted molar refractivity (Wildman–Crippen MR) is 52.9 cm³/mol. The fourth-order valence-corrected chi connectivity index (χ4v) is 1.25. The zero-order valence-corrected chi connectivity index (χ0v) is 7.46. The van der Waals surface area contributed by atoms with E-state index in [4.69, 9.17) is 6.42 Å². The van der Waals surface area contributed by atoms with Crippen LogP contribution in [-0.4, -0.2) is 0 Å². The van der Waals surface area contributed by atoms with Crippen molar-refractivity contribution in [3.63, 3.8) is 0 Å². The van der Waals surface area contributed by atoms with Crippen LogP contribution in [0.15, 0.2) is 30.3 Å². The third kappa shape index (κ3) is 2.43. The molecule has 0 fully saturated rings. The van der Waals surface area contributed by atoms with Gasteiger partial charge in [-0.05, 0) is 17.9 Å². The van der Waals surface area contributed by atoms with Gasteiger partial charge in [0, 0.05) is 6.42 Å². The molecule has 0 heterocycles. The first-order valence-corrected chi connectivity index (χ1v) is 4.33. The predicted octanol–water partition coefficient (Wildman–Crippen LogP) is 3.20. The molecule has 0 bridgehead atoms. The Bertz CT molecular complexity index is 253. The molecule has 0 heteroatoms. The van der Waals surface area contributed by atoms with Crippen molar-refractivity contribution in [1.29, 1.82) is 0 Å². The lowest BCUT2D eigenvalue weighted by atomic mass is 9.97. The number of terminal acetylenes is 1. The highest BCUT2D eigenvalue weighted by atomic mass is 14.1. The SMILES string of the molecule is C#CCCC(C)c1ccccc1. The Labute approximate surface area is 74.6 Å². The van der Waals surface area contributed by atoms with Crippen LogP contribution in [0.25, 0.3) is 0 Å². The molecule has 1 unspecified atom stereocenters. The maximum atomic E-state index is 5.20. The van der Waals surface area contributed by atoms with Gasteiger partial charge in [-0.2, -0.15) is 0 Å². The highest BCUT2D eigenvalue weighted by Gasteiger charge is 2.02. The van der Waals surface area contributed by atoms with E-state index in [9.17, 15) is 0 Å². The first-order valence-electron chi connectivity index (χ1n) is 4.33. The Hall–Kier alpha value is -1.22. The van der Waals surface area contributed by atoms with Crippen LogP contribution in [0.5, 0.6) is 0 Å². The van der Waals surface area contributed by atoms with Crippen molar-refractivity contribution < 1.29 is 0 Å². The van der Waals surface area contributed by atoms with Gasteiger partial charge >= 0.3 is 0 Å². The minimum absolute atomic E-state index is 0.585. The summed E-state index contributed by atoms with van der Waals surface area (Å²) in [6, 6.07) is 10.5. The Morgan fingerprint density at radius 1 is 1.33 bits per heavy atom. The summed E-state index contributed by atoms with van der Waals surface area (Å²) in [7, 11) is 0. The molecule has 0 radical (unpaired) electrons. The van der Waals surface area contributed by atoms with Gasteiger partial charge in [0.2, 0.25) is 0 Å². The Balaban J connectivity index is 2.55. The van der Waals surface area contributed by atoms with Crippen molar-refractivity contribution in [3.8, 4) is 12.3 Å². The molecule has 1 aromatic carbocycles. The minimum atomic E-state index is 0.585. The highest BCUT2D eigenvalue weighted by molar-refractivity contribution is 5.18. The lowest BCUT2D eigenvalue weighted by molar-refractivity contribution is 0.699. The van der Waals surface area contributed by atoms with Crippen molar-refractivity contribution in [3.05, 3.63) is 35.9 Å². The van der Waals surface area contributed by atoms with Crippen LogP contribution >= 0.6 is 0 Å². The van der Waals surface area contributed by atoms with Crippen LogP contribution in [0, 0.1) is 12.3 Å². The van der Waals surface area contributed by atoms with Crippen LogP contribution in [0.4, 0.5) is 0 Å². The lowest BCUT2D eigenvalue weighted by Gasteiger charge is -2.08. The standard InChI is InChI=1S/C12H14/c1-3-4-8-11(2)12-9-6-5-7-10-12/h1,5-7,9-11H,4,8H2,2H3. The van der Waals surface area contributed by atoms with Gasteiger partial charge in [0.05, 0.1) is 0 Å². The van der Waals surface area contributed by atoms with Crippen molar-refractivity contribution in [1.82, 2.24) is 0 Å². The summed E-state index contributed by atoms with van der Waals surface area (Å²) in [5.41, 5.74) is 1.38. The lowest BCUT2D eigenvalue weighted by Crippen LogP contribution is -1.91. The Kier molecular flexibility index (Phi) is 3.41. The Morgan fingerprint density at radius 3 is 2.58 bits per heavy atom. The summed E-state index contributed by atoms with van der Waals surface area (Å²) in [5.74, 6) is 3.25. The van der Waals surface area contributed by atoms with E-state index in [1.165, 1.54) is 5.56 Å². The molecule has 0 amide bonds. The number of benzene rings is 1. The van der Waals surface area contributed by atoms with E-state index in [-0.39, 0.29) is 0 Å². The molecule has 0 saturated heterocycles. The summed E-state index contributed by atoms with van der Waals surface area (Å²) in [6.45, 7) is 2.21. The molecule has 0 aromatic heterocycles. The molecule has 1 aromatic rings. The molecule has 62 valence electrons. The number of rotatable bonds is 3. The largest absolute Gasteiger partial charge is 0.120 e. The maximum Gasteiger partial charge on any atom is 0.00917 e. The summed E-state index contributed by atoms with van der Waals surface area (Å²) in [6.07, 6.45) is 7.16. The zero-order chi connectivity index (χ0) is 8.81. The first-order chi connectivity index (χ1) is 5.84. The van der Waals surface area contributed by atoms with E-state index in [0.717, 1.165) is 12.8 Å². The van der Waals surface area contributed by atoms with Crippen LogP contribution < -0.4 is 0 Å². The molecule has 0 aliphatic carbocycles. The van der Waals surface area contributed by atoms with Gasteiger partial charge in [0.15, 0.2) is 0 Å². The molecule has 0 N–H and O–H groups in total. The zero-order valence-electron chi connectivity index (χ0n) is 7.46. The Morgan fingerprint density at radius 2 is 2.00 bits per heavy atom. The van der Waals surface area contributed by atoms with Gasteiger partial charge in [-0.3, -0.25) is 0 Å². The van der Waals surface area contributed by atoms with Gasteiger partial charge in [0.1, 0.15) is 0 Å². The van der Waals surface area contributed by atoms with Gasteiger partial charge in [0.25, 0.3) is 0 Å². The second kappa shape index (κ2) is 4.62. The fourth-order valence-electron chi connectivity index (χ4n) is 1.25. The van der Waals surface area contributed by atoms with Crippen molar-refractivity contribution in [2.75, 3.05) is 0 Å². The van der Waals surface area contributed by atoms with E-state index in [1.807, 2.05) is 6.07 Å². The van der Waals surface area contributed by atoms with Crippen molar-refractivity contribution in [2.45, 2.75) is 25.7 Å². The topological polar surface area (TPSA) is 0 Å². The highest BCUT2D eigenvalue weighted by Crippen LogP contribution is 2.19. The second-order valence-electron chi connectivity index (χ2n) is 3.05. The van der Waals surface area contributed by atoms with E-state index in [2.05, 4.69) is 37.1 Å². The van der Waals surface area contributed by atoms with E-state index in [0.29, 0.717) is 5.92 Å². The van der Waals surface area contributed by atoms with Crippen LogP contribution in [0.3, 0.4) is 0 Å². The third-order valence-corrected chi connectivity index (χ3v) is 2.09. The third-order valence-electron chi connectivity index (χ3n) is 2.09. The number of hydrogen-bond donors (Lipinski definition) is 0. The van der Waals surface area contributed by atoms with Crippen molar-refractivity contribution >= 4 is 0 Å². The summed E-state index contributed by atoms with van der Waals surface area (Å²) < 4.78 is 0. The van der Waals surface area contributed by atoms with E-state index >= 15 is 0 Å². The normalized spacial score (nSPS) is 12.0. The average molecular weight is 158 g/mol. The van der Waals surface area contributed by atoms with Crippen molar-refractivity contribution in [2.24, 2.45) is 0 Å². The van der Waals surface area contributed by atoms with Gasteiger partial charge in [-0.1, -0.05) is 37.3 Å². The second-order valence-corrected chi connectivity index (χ2v) is 3.05. The van der Waals surface area contributed by atoms with Gasteiger partial charge in [-0.25, -0.2) is 0 Å². The van der Waals surface area contributed by atoms with Crippen LogP contribution in [-0.2, 0) is 0 Å². The molecule has 1 atom stereocenters. The smallest absolute Gasteiger partial charge is 0.00917 e. The van der Waals surface area contributed by atoms with E-state index in [1.54, 1.807) is 0 Å². The minimum Gasteiger partial charge on any atom is -0.120 e. The van der Waals surface area contributed by atoms with Gasteiger partial charge in [-0.15, -0.1) is 12.3 Å². The molecular formula is C12H14. The summed E-state index contributed by atoms with van der Waals surface area (Å²) >= 11 is 0. The molecule has 0 aliphatic heterocycles. The average Bonchev–Trinajstić information content (AvgIpc) is 2.15. The molecule has 0 saturated carbocycles. The molecule has 0 spiro atoms. The molecule has 1 rings (SSSR count). The summed E-state index contributed by atoms with van der Waals surface area (Å²) in [5, 5.41) is 0. The molecule has 0 aliphatic rings.